The second-order valence-corrected chi connectivity index (χ2v) is 5.80. The van der Waals surface area contributed by atoms with E-state index >= 15 is 0 Å². The van der Waals surface area contributed by atoms with Crippen molar-refractivity contribution in [1.29, 1.82) is 0 Å². The van der Waals surface area contributed by atoms with Crippen LogP contribution in [-0.2, 0) is 13.6 Å². The van der Waals surface area contributed by atoms with Crippen molar-refractivity contribution in [3.8, 4) is 0 Å². The van der Waals surface area contributed by atoms with E-state index < -0.39 is 0 Å². The van der Waals surface area contributed by atoms with E-state index in [1.807, 2.05) is 24.0 Å². The number of hydrogen-bond acceptors (Lipinski definition) is 3. The van der Waals surface area contributed by atoms with Crippen LogP contribution in [0.25, 0.3) is 0 Å². The van der Waals surface area contributed by atoms with Crippen LogP contribution in [0.5, 0.6) is 0 Å². The summed E-state index contributed by atoms with van der Waals surface area (Å²) in [7, 11) is 3.75. The fourth-order valence-electron chi connectivity index (χ4n) is 1.99. The minimum atomic E-state index is 0. The third-order valence-electron chi connectivity index (χ3n) is 3.10. The summed E-state index contributed by atoms with van der Waals surface area (Å²) in [4.78, 5) is 4.23. The highest BCUT2D eigenvalue weighted by Crippen LogP contribution is 2.25. The number of rotatable bonds is 4. The van der Waals surface area contributed by atoms with Crippen molar-refractivity contribution in [2.75, 3.05) is 19.3 Å². The van der Waals surface area contributed by atoms with Crippen LogP contribution in [0.1, 0.15) is 18.5 Å². The number of aromatic nitrogens is 2. The van der Waals surface area contributed by atoms with Crippen LogP contribution < -0.4 is 10.6 Å². The number of nitrogens with zero attached hydrogens (tertiary/aromatic N) is 3. The third kappa shape index (κ3) is 5.21. The highest BCUT2D eigenvalue weighted by molar-refractivity contribution is 14.0. The maximum atomic E-state index is 4.23. The van der Waals surface area contributed by atoms with Crippen LogP contribution in [0.3, 0.4) is 0 Å². The normalized spacial score (nSPS) is 19.1. The van der Waals surface area contributed by atoms with Crippen LogP contribution in [0.4, 0.5) is 0 Å². The highest BCUT2D eigenvalue weighted by Gasteiger charge is 2.15. The van der Waals surface area contributed by atoms with Crippen molar-refractivity contribution in [3.63, 3.8) is 0 Å². The van der Waals surface area contributed by atoms with Crippen LogP contribution >= 0.6 is 35.7 Å². The number of hydrogen-bond donors (Lipinski definition) is 2. The van der Waals surface area contributed by atoms with Crippen LogP contribution in [0, 0.1) is 0 Å². The first-order valence-electron chi connectivity index (χ1n) is 6.32. The van der Waals surface area contributed by atoms with Gasteiger partial charge in [-0.25, -0.2) is 0 Å². The van der Waals surface area contributed by atoms with Gasteiger partial charge in [0.25, 0.3) is 0 Å². The van der Waals surface area contributed by atoms with E-state index in [4.69, 9.17) is 0 Å². The van der Waals surface area contributed by atoms with E-state index in [2.05, 4.69) is 32.5 Å². The lowest BCUT2D eigenvalue weighted by atomic mass is 10.2. The second kappa shape index (κ2) is 8.68. The van der Waals surface area contributed by atoms with E-state index in [0.717, 1.165) is 30.0 Å². The monoisotopic (exact) mass is 395 g/mol. The van der Waals surface area contributed by atoms with Crippen molar-refractivity contribution in [3.05, 3.63) is 18.0 Å². The molecule has 1 aromatic heterocycles. The van der Waals surface area contributed by atoms with E-state index in [-0.39, 0.29) is 24.0 Å². The zero-order chi connectivity index (χ0) is 12.8. The summed E-state index contributed by atoms with van der Waals surface area (Å²) in [6, 6.07) is 2.01. The van der Waals surface area contributed by atoms with Gasteiger partial charge in [-0.1, -0.05) is 0 Å². The topological polar surface area (TPSA) is 54.2 Å². The average molecular weight is 395 g/mol. The summed E-state index contributed by atoms with van der Waals surface area (Å²) < 4.78 is 1.87. The van der Waals surface area contributed by atoms with Gasteiger partial charge in [-0.2, -0.15) is 16.9 Å². The molecule has 2 heterocycles. The minimum Gasteiger partial charge on any atom is -0.355 e. The Hall–Kier alpha value is -0.440. The molecule has 7 heteroatoms. The van der Waals surface area contributed by atoms with Gasteiger partial charge in [-0.3, -0.25) is 9.67 Å². The lowest BCUT2D eigenvalue weighted by Crippen LogP contribution is -2.40. The van der Waals surface area contributed by atoms with Gasteiger partial charge in [0.05, 0.1) is 12.2 Å². The molecule has 0 radical (unpaired) electrons. The Labute approximate surface area is 136 Å². The SMILES string of the molecule is CN=C(NCc1ccnn1C)NCC1CCCS1.I. The van der Waals surface area contributed by atoms with Crippen LogP contribution in [-0.4, -0.2) is 40.3 Å². The molecule has 1 unspecified atom stereocenters. The molecule has 1 atom stereocenters. The maximum absolute atomic E-state index is 4.23. The zero-order valence-electron chi connectivity index (χ0n) is 11.4. The van der Waals surface area contributed by atoms with Gasteiger partial charge in [0, 0.05) is 32.1 Å². The quantitative estimate of drug-likeness (QED) is 0.462. The van der Waals surface area contributed by atoms with Gasteiger partial charge in [0.1, 0.15) is 0 Å². The summed E-state index contributed by atoms with van der Waals surface area (Å²) in [6.45, 7) is 1.74. The molecule has 1 aromatic rings. The van der Waals surface area contributed by atoms with Gasteiger partial charge in [0.2, 0.25) is 0 Å². The molecule has 0 amide bonds. The molecule has 5 nitrogen and oxygen atoms in total. The van der Waals surface area contributed by atoms with Crippen LogP contribution in [0.2, 0.25) is 0 Å². The Balaban J connectivity index is 0.00000180. The summed E-state index contributed by atoms with van der Waals surface area (Å²) in [5.74, 6) is 2.16. The number of thioether (sulfide) groups is 1. The first kappa shape index (κ1) is 16.6. The van der Waals surface area contributed by atoms with Gasteiger partial charge in [-0.05, 0) is 24.7 Å². The Morgan fingerprint density at radius 3 is 3.00 bits per heavy atom. The molecule has 0 bridgehead atoms. The lowest BCUT2D eigenvalue weighted by molar-refractivity contribution is 0.678. The summed E-state index contributed by atoms with van der Waals surface area (Å²) >= 11 is 2.05. The van der Waals surface area contributed by atoms with E-state index in [0.29, 0.717) is 0 Å². The Kier molecular flexibility index (Phi) is 7.59. The van der Waals surface area contributed by atoms with Crippen molar-refractivity contribution in [2.24, 2.45) is 12.0 Å². The van der Waals surface area contributed by atoms with E-state index in [1.54, 1.807) is 7.05 Å². The fraction of sp³-hybridized carbons (Fsp3) is 0.667. The first-order valence-corrected chi connectivity index (χ1v) is 7.37. The van der Waals surface area contributed by atoms with Crippen LogP contribution in [0.15, 0.2) is 17.3 Å². The molecule has 108 valence electrons. The summed E-state index contributed by atoms with van der Waals surface area (Å²) in [6.07, 6.45) is 4.47. The Morgan fingerprint density at radius 2 is 2.42 bits per heavy atom. The van der Waals surface area contributed by atoms with E-state index in [9.17, 15) is 0 Å². The maximum Gasteiger partial charge on any atom is 0.191 e. The molecule has 2 N–H and O–H groups in total. The predicted octanol–water partition coefficient (Wildman–Crippen LogP) is 1.60. The zero-order valence-corrected chi connectivity index (χ0v) is 14.6. The fourth-order valence-corrected chi connectivity index (χ4v) is 3.19. The smallest absolute Gasteiger partial charge is 0.191 e. The molecule has 1 aliphatic heterocycles. The number of nitrogens with one attached hydrogen (secondary N) is 2. The molecule has 0 saturated carbocycles. The molecule has 2 rings (SSSR count). The highest BCUT2D eigenvalue weighted by atomic mass is 127. The molecule has 19 heavy (non-hydrogen) atoms. The standard InChI is InChI=1S/C12H21N5S.HI/c1-13-12(15-9-11-4-3-7-18-11)14-8-10-5-6-16-17(10)2;/h5-6,11H,3-4,7-9H2,1-2H3,(H2,13,14,15);1H. The second-order valence-electron chi connectivity index (χ2n) is 4.39. The molecule has 0 spiro atoms. The van der Waals surface area contributed by atoms with Gasteiger partial charge in [-0.15, -0.1) is 24.0 Å². The number of guanidine groups is 1. The molecule has 1 fully saturated rings. The van der Waals surface area contributed by atoms with E-state index in [1.165, 1.54) is 18.6 Å². The average Bonchev–Trinajstić information content (AvgIpc) is 3.01. The first-order chi connectivity index (χ1) is 8.79. The number of halogens is 1. The summed E-state index contributed by atoms with van der Waals surface area (Å²) in [5, 5.41) is 11.6. The van der Waals surface area contributed by atoms with Crippen molar-refractivity contribution >= 4 is 41.7 Å². The largest absolute Gasteiger partial charge is 0.355 e. The van der Waals surface area contributed by atoms with Gasteiger partial charge < -0.3 is 10.6 Å². The molecular weight excluding hydrogens is 373 g/mol. The van der Waals surface area contributed by atoms with Crippen molar-refractivity contribution in [1.82, 2.24) is 20.4 Å². The number of aryl methyl sites for hydroxylation is 1. The minimum absolute atomic E-state index is 0. The van der Waals surface area contributed by atoms with Crippen molar-refractivity contribution in [2.45, 2.75) is 24.6 Å². The van der Waals surface area contributed by atoms with Crippen molar-refractivity contribution < 1.29 is 0 Å². The molecule has 0 aliphatic carbocycles. The third-order valence-corrected chi connectivity index (χ3v) is 4.50. The molecular formula is C12H22IN5S. The van der Waals surface area contributed by atoms with Gasteiger partial charge in [0.15, 0.2) is 5.96 Å². The molecule has 1 saturated heterocycles. The predicted molar refractivity (Wildman–Crippen MR) is 92.3 cm³/mol. The summed E-state index contributed by atoms with van der Waals surface area (Å²) in [5.41, 5.74) is 1.15. The lowest BCUT2D eigenvalue weighted by Gasteiger charge is -2.14. The Morgan fingerprint density at radius 1 is 1.58 bits per heavy atom. The number of aliphatic imine (C=N–C) groups is 1. The molecule has 1 aliphatic rings. The Bertz CT molecular complexity index is 401. The van der Waals surface area contributed by atoms with Gasteiger partial charge >= 0.3 is 0 Å². The molecule has 0 aromatic carbocycles.